The van der Waals surface area contributed by atoms with Gasteiger partial charge in [-0.15, -0.1) is 0 Å². The van der Waals surface area contributed by atoms with Gasteiger partial charge >= 0.3 is 6.01 Å². The van der Waals surface area contributed by atoms with Crippen LogP contribution in [0, 0.1) is 0 Å². The topological polar surface area (TPSA) is 105 Å². The maximum absolute atomic E-state index is 13.2. The number of benzene rings is 1. The van der Waals surface area contributed by atoms with Gasteiger partial charge in [-0.25, -0.2) is 15.0 Å². The summed E-state index contributed by atoms with van der Waals surface area (Å²) in [6.45, 7) is 12.2. The Bertz CT molecular complexity index is 1150. The molecule has 1 amide bonds. The van der Waals surface area contributed by atoms with Crippen molar-refractivity contribution in [1.29, 1.82) is 0 Å². The molecule has 2 aromatic heterocycles. The van der Waals surface area contributed by atoms with Gasteiger partial charge in [0.05, 0.1) is 36.3 Å². The molecular formula is C24H31N7O2. The van der Waals surface area contributed by atoms with Crippen LogP contribution in [0.1, 0.15) is 50.8 Å². The van der Waals surface area contributed by atoms with Crippen LogP contribution in [0.4, 0.5) is 11.4 Å². The molecule has 1 fully saturated rings. The predicted molar refractivity (Wildman–Crippen MR) is 129 cm³/mol. The fourth-order valence-corrected chi connectivity index (χ4v) is 4.15. The quantitative estimate of drug-likeness (QED) is 0.626. The van der Waals surface area contributed by atoms with Gasteiger partial charge in [0.15, 0.2) is 0 Å². The molecule has 0 aliphatic carbocycles. The summed E-state index contributed by atoms with van der Waals surface area (Å²) < 4.78 is 5.24. The summed E-state index contributed by atoms with van der Waals surface area (Å²) in [7, 11) is 1.51. The molecule has 3 aromatic rings. The number of rotatable bonds is 4. The van der Waals surface area contributed by atoms with Gasteiger partial charge in [0.1, 0.15) is 5.82 Å². The predicted octanol–water partition coefficient (Wildman–Crippen LogP) is 3.16. The molecule has 2 N–H and O–H groups in total. The second-order valence-electron chi connectivity index (χ2n) is 9.62. The molecule has 33 heavy (non-hydrogen) atoms. The summed E-state index contributed by atoms with van der Waals surface area (Å²) in [5.41, 5.74) is 2.34. The van der Waals surface area contributed by atoms with E-state index in [9.17, 15) is 4.79 Å². The van der Waals surface area contributed by atoms with Crippen molar-refractivity contribution in [2.75, 3.05) is 30.4 Å². The maximum Gasteiger partial charge on any atom is 0.316 e. The minimum Gasteiger partial charge on any atom is -0.467 e. The normalized spacial score (nSPS) is 18.9. The number of hydrogen-bond acceptors (Lipinski definition) is 8. The van der Waals surface area contributed by atoms with Crippen LogP contribution in [0.5, 0.6) is 6.01 Å². The number of methoxy groups -OCH3 is 1. The Morgan fingerprint density at radius 2 is 1.76 bits per heavy atom. The highest BCUT2D eigenvalue weighted by Crippen LogP contribution is 2.31. The van der Waals surface area contributed by atoms with E-state index in [2.05, 4.69) is 49.3 Å². The van der Waals surface area contributed by atoms with Crippen LogP contribution >= 0.6 is 0 Å². The number of carbonyl (C=O) groups is 1. The molecule has 1 saturated heterocycles. The minimum atomic E-state index is -0.290. The van der Waals surface area contributed by atoms with E-state index in [-0.39, 0.29) is 17.3 Å². The Balaban J connectivity index is 1.69. The molecule has 0 radical (unpaired) electrons. The van der Waals surface area contributed by atoms with Crippen LogP contribution in [-0.2, 0) is 5.41 Å². The van der Waals surface area contributed by atoms with Gasteiger partial charge < -0.3 is 20.3 Å². The first-order chi connectivity index (χ1) is 15.7. The number of hydrogen-bond donors (Lipinski definition) is 2. The Morgan fingerprint density at radius 3 is 2.36 bits per heavy atom. The number of fused-ring (bicyclic) bond motifs is 1. The molecule has 2 unspecified atom stereocenters. The lowest BCUT2D eigenvalue weighted by Crippen LogP contribution is -2.54. The largest absolute Gasteiger partial charge is 0.467 e. The van der Waals surface area contributed by atoms with Gasteiger partial charge in [0, 0.05) is 47.9 Å². The average Bonchev–Trinajstić information content (AvgIpc) is 2.77. The van der Waals surface area contributed by atoms with E-state index in [1.165, 1.54) is 7.11 Å². The Kier molecular flexibility index (Phi) is 6.16. The smallest absolute Gasteiger partial charge is 0.316 e. The van der Waals surface area contributed by atoms with E-state index < -0.39 is 0 Å². The van der Waals surface area contributed by atoms with E-state index in [1.54, 1.807) is 24.7 Å². The molecule has 1 aliphatic heterocycles. The van der Waals surface area contributed by atoms with Crippen molar-refractivity contribution >= 4 is 28.2 Å². The van der Waals surface area contributed by atoms with Crippen molar-refractivity contribution in [3.05, 3.63) is 42.1 Å². The van der Waals surface area contributed by atoms with Gasteiger partial charge in [-0.3, -0.25) is 4.79 Å². The van der Waals surface area contributed by atoms with E-state index in [0.29, 0.717) is 34.7 Å². The number of piperazine rings is 1. The fraction of sp³-hybridized carbons (Fsp3) is 0.458. The fourth-order valence-electron chi connectivity index (χ4n) is 4.15. The zero-order chi connectivity index (χ0) is 23.8. The molecule has 9 heteroatoms. The third-order valence-corrected chi connectivity index (χ3v) is 5.61. The SMILES string of the molecule is COc1ncc2c(N3CC(C)NC(C)C3)ccc(C(=O)Nc3cnc(C(C)(C)C)nc3)c2n1. The number of aromatic nitrogens is 4. The maximum atomic E-state index is 13.2. The Morgan fingerprint density at radius 1 is 1.09 bits per heavy atom. The summed E-state index contributed by atoms with van der Waals surface area (Å²) in [5, 5.41) is 7.25. The molecule has 4 rings (SSSR count). The summed E-state index contributed by atoms with van der Waals surface area (Å²) in [4.78, 5) is 33.1. The van der Waals surface area contributed by atoms with E-state index in [0.717, 1.165) is 24.2 Å². The van der Waals surface area contributed by atoms with Gasteiger partial charge in [-0.2, -0.15) is 4.98 Å². The molecule has 0 saturated carbocycles. The van der Waals surface area contributed by atoms with E-state index >= 15 is 0 Å². The van der Waals surface area contributed by atoms with Crippen molar-refractivity contribution < 1.29 is 9.53 Å². The monoisotopic (exact) mass is 449 g/mol. The lowest BCUT2D eigenvalue weighted by atomic mass is 9.96. The van der Waals surface area contributed by atoms with E-state index in [4.69, 9.17) is 4.74 Å². The molecule has 0 bridgehead atoms. The summed E-state index contributed by atoms with van der Waals surface area (Å²) in [6.07, 6.45) is 4.98. The van der Waals surface area contributed by atoms with Crippen LogP contribution in [0.2, 0.25) is 0 Å². The standard InChI is InChI=1S/C24H31N7O2/c1-14-12-31(13-15(2)28-14)19-8-7-17(20-18(19)11-27-23(30-20)33-6)21(32)29-16-9-25-22(26-10-16)24(3,4)5/h7-11,14-15,28H,12-13H2,1-6H3,(H,29,32). The zero-order valence-electron chi connectivity index (χ0n) is 20.0. The second-order valence-corrected chi connectivity index (χ2v) is 9.62. The van der Waals surface area contributed by atoms with Gasteiger partial charge in [-0.1, -0.05) is 20.8 Å². The Hall–Kier alpha value is -3.33. The summed E-state index contributed by atoms with van der Waals surface area (Å²) in [5.74, 6) is 0.425. The first kappa shape index (κ1) is 22.8. The van der Waals surface area contributed by atoms with Crippen molar-refractivity contribution in [3.63, 3.8) is 0 Å². The molecule has 1 aromatic carbocycles. The van der Waals surface area contributed by atoms with Crippen LogP contribution in [0.25, 0.3) is 10.9 Å². The highest BCUT2D eigenvalue weighted by Gasteiger charge is 2.25. The number of ether oxygens (including phenoxy) is 1. The number of amides is 1. The van der Waals surface area contributed by atoms with Crippen molar-refractivity contribution in [3.8, 4) is 6.01 Å². The van der Waals surface area contributed by atoms with E-state index in [1.807, 2.05) is 26.8 Å². The molecule has 1 aliphatic rings. The average molecular weight is 450 g/mol. The highest BCUT2D eigenvalue weighted by molar-refractivity contribution is 6.13. The second kappa shape index (κ2) is 8.90. The first-order valence-corrected chi connectivity index (χ1v) is 11.1. The minimum absolute atomic E-state index is 0.166. The summed E-state index contributed by atoms with van der Waals surface area (Å²) in [6, 6.07) is 4.69. The first-order valence-electron chi connectivity index (χ1n) is 11.1. The van der Waals surface area contributed by atoms with Crippen LogP contribution in [0.15, 0.2) is 30.7 Å². The zero-order valence-corrected chi connectivity index (χ0v) is 20.0. The van der Waals surface area contributed by atoms with Crippen molar-refractivity contribution in [2.45, 2.75) is 52.1 Å². The van der Waals surface area contributed by atoms with Crippen molar-refractivity contribution in [2.24, 2.45) is 0 Å². The molecule has 2 atom stereocenters. The van der Waals surface area contributed by atoms with Gasteiger partial charge in [-0.05, 0) is 26.0 Å². The number of carbonyl (C=O) groups excluding carboxylic acids is 1. The molecular weight excluding hydrogens is 418 g/mol. The number of nitrogens with one attached hydrogen (secondary N) is 2. The number of anilines is 2. The lowest BCUT2D eigenvalue weighted by molar-refractivity contribution is 0.102. The third-order valence-electron chi connectivity index (χ3n) is 5.61. The molecule has 9 nitrogen and oxygen atoms in total. The van der Waals surface area contributed by atoms with Crippen LogP contribution in [-0.4, -0.2) is 58.1 Å². The van der Waals surface area contributed by atoms with Gasteiger partial charge in [0.2, 0.25) is 0 Å². The van der Waals surface area contributed by atoms with Crippen molar-refractivity contribution in [1.82, 2.24) is 25.3 Å². The third kappa shape index (κ3) is 4.88. The number of nitrogens with zero attached hydrogens (tertiary/aromatic N) is 5. The molecule has 3 heterocycles. The van der Waals surface area contributed by atoms with Gasteiger partial charge in [0.25, 0.3) is 5.91 Å². The highest BCUT2D eigenvalue weighted by atomic mass is 16.5. The molecule has 0 spiro atoms. The summed E-state index contributed by atoms with van der Waals surface area (Å²) >= 11 is 0. The van der Waals surface area contributed by atoms with Crippen LogP contribution in [0.3, 0.4) is 0 Å². The Labute approximate surface area is 194 Å². The molecule has 174 valence electrons. The van der Waals surface area contributed by atoms with Crippen LogP contribution < -0.4 is 20.3 Å². The lowest BCUT2D eigenvalue weighted by Gasteiger charge is -2.38.